The van der Waals surface area contributed by atoms with E-state index in [4.69, 9.17) is 11.6 Å². The van der Waals surface area contributed by atoms with Crippen LogP contribution >= 0.6 is 11.6 Å². The molecule has 25 heavy (non-hydrogen) atoms. The van der Waals surface area contributed by atoms with Gasteiger partial charge in [0.1, 0.15) is 11.6 Å². The van der Waals surface area contributed by atoms with Gasteiger partial charge < -0.3 is 10.6 Å². The zero-order valence-corrected chi connectivity index (χ0v) is 14.1. The summed E-state index contributed by atoms with van der Waals surface area (Å²) in [4.78, 5) is 16.4. The van der Waals surface area contributed by atoms with Crippen molar-refractivity contribution in [2.45, 2.75) is 6.92 Å². The normalized spacial score (nSPS) is 10.4. The number of aromatic nitrogens is 1. The summed E-state index contributed by atoms with van der Waals surface area (Å²) >= 11 is 6.00. The summed E-state index contributed by atoms with van der Waals surface area (Å²) in [7, 11) is 0. The van der Waals surface area contributed by atoms with Gasteiger partial charge >= 0.3 is 0 Å². The van der Waals surface area contributed by atoms with Crippen LogP contribution in [0.1, 0.15) is 15.9 Å². The summed E-state index contributed by atoms with van der Waals surface area (Å²) in [5.74, 6) is -0.232. The van der Waals surface area contributed by atoms with Crippen LogP contribution in [0.5, 0.6) is 0 Å². The molecule has 1 aromatic heterocycles. The maximum atomic E-state index is 13.2. The van der Waals surface area contributed by atoms with Crippen LogP contribution in [0, 0.1) is 12.7 Å². The number of amides is 1. The predicted octanol–water partition coefficient (Wildman–Crippen LogP) is 5.18. The molecule has 0 aliphatic carbocycles. The first-order valence-corrected chi connectivity index (χ1v) is 7.95. The van der Waals surface area contributed by atoms with E-state index >= 15 is 0 Å². The van der Waals surface area contributed by atoms with Gasteiger partial charge in [-0.3, -0.25) is 4.79 Å². The summed E-state index contributed by atoms with van der Waals surface area (Å²) in [5.41, 5.74) is 2.66. The molecule has 0 bridgehead atoms. The SMILES string of the molecule is Cc1ccc(Cl)cc1Nc1ccc(NC(=O)c2cccc(F)c2)cn1. The van der Waals surface area contributed by atoms with Crippen LogP contribution < -0.4 is 10.6 Å². The smallest absolute Gasteiger partial charge is 0.255 e. The second-order valence-corrected chi connectivity index (χ2v) is 5.92. The molecule has 0 atom stereocenters. The number of halogens is 2. The van der Waals surface area contributed by atoms with E-state index in [0.29, 0.717) is 16.5 Å². The number of rotatable bonds is 4. The van der Waals surface area contributed by atoms with Crippen molar-refractivity contribution in [3.05, 3.63) is 82.8 Å². The molecule has 3 aromatic rings. The summed E-state index contributed by atoms with van der Waals surface area (Å²) in [5, 5.41) is 6.49. The van der Waals surface area contributed by atoms with Gasteiger partial charge in [0, 0.05) is 16.3 Å². The molecule has 3 rings (SSSR count). The molecule has 1 heterocycles. The molecule has 6 heteroatoms. The Morgan fingerprint density at radius 3 is 2.68 bits per heavy atom. The number of benzene rings is 2. The predicted molar refractivity (Wildman–Crippen MR) is 98.1 cm³/mol. The largest absolute Gasteiger partial charge is 0.340 e. The molecule has 0 spiro atoms. The summed E-state index contributed by atoms with van der Waals surface area (Å²) in [6.07, 6.45) is 1.53. The lowest BCUT2D eigenvalue weighted by Crippen LogP contribution is -2.12. The first-order valence-electron chi connectivity index (χ1n) is 7.57. The van der Waals surface area contributed by atoms with E-state index in [1.54, 1.807) is 18.2 Å². The van der Waals surface area contributed by atoms with Gasteiger partial charge in [-0.1, -0.05) is 23.7 Å². The fraction of sp³-hybridized carbons (Fsp3) is 0.0526. The summed E-state index contributed by atoms with van der Waals surface area (Å²) in [6.45, 7) is 1.96. The van der Waals surface area contributed by atoms with Crippen LogP contribution in [0.15, 0.2) is 60.8 Å². The number of nitrogens with one attached hydrogen (secondary N) is 2. The van der Waals surface area contributed by atoms with Crippen molar-refractivity contribution in [2.24, 2.45) is 0 Å². The van der Waals surface area contributed by atoms with Crippen molar-refractivity contribution in [1.82, 2.24) is 4.98 Å². The Kier molecular flexibility index (Phi) is 4.95. The Morgan fingerprint density at radius 1 is 1.12 bits per heavy atom. The number of carbonyl (C=O) groups excluding carboxylic acids is 1. The standard InChI is InChI=1S/C19H15ClFN3O/c1-12-5-6-14(20)10-17(12)24-18-8-7-16(11-22-18)23-19(25)13-3-2-4-15(21)9-13/h2-11H,1H3,(H,22,24)(H,23,25). The average molecular weight is 356 g/mol. The highest BCUT2D eigenvalue weighted by Gasteiger charge is 2.07. The molecule has 1 amide bonds. The minimum atomic E-state index is -0.456. The van der Waals surface area contributed by atoms with E-state index in [9.17, 15) is 9.18 Å². The molecule has 0 fully saturated rings. The first-order chi connectivity index (χ1) is 12.0. The Labute approximate surface area is 149 Å². The topological polar surface area (TPSA) is 54.0 Å². The van der Waals surface area contributed by atoms with Crippen molar-refractivity contribution in [2.75, 3.05) is 10.6 Å². The Bertz CT molecular complexity index is 913. The van der Waals surface area contributed by atoms with Gasteiger partial charge in [-0.25, -0.2) is 9.37 Å². The number of anilines is 3. The third kappa shape index (κ3) is 4.33. The molecule has 4 nitrogen and oxygen atoms in total. The van der Waals surface area contributed by atoms with Crippen LogP contribution in [0.2, 0.25) is 5.02 Å². The molecule has 2 N–H and O–H groups in total. The maximum Gasteiger partial charge on any atom is 0.255 e. The van der Waals surface area contributed by atoms with Crippen molar-refractivity contribution in [3.63, 3.8) is 0 Å². The highest BCUT2D eigenvalue weighted by atomic mass is 35.5. The van der Waals surface area contributed by atoms with E-state index in [-0.39, 0.29) is 5.56 Å². The molecule has 2 aromatic carbocycles. The molecule has 0 aliphatic heterocycles. The number of carbonyl (C=O) groups is 1. The zero-order chi connectivity index (χ0) is 17.8. The first kappa shape index (κ1) is 16.9. The third-order valence-corrected chi connectivity index (χ3v) is 3.81. The van der Waals surface area contributed by atoms with Crippen molar-refractivity contribution < 1.29 is 9.18 Å². The van der Waals surface area contributed by atoms with E-state index in [1.165, 1.54) is 24.4 Å². The highest BCUT2D eigenvalue weighted by molar-refractivity contribution is 6.30. The van der Waals surface area contributed by atoms with Crippen molar-refractivity contribution in [1.29, 1.82) is 0 Å². The Balaban J connectivity index is 1.70. The monoisotopic (exact) mass is 355 g/mol. The summed E-state index contributed by atoms with van der Waals surface area (Å²) in [6, 6.07) is 14.5. The molecule has 126 valence electrons. The van der Waals surface area contributed by atoms with Gasteiger partial charge in [0.15, 0.2) is 0 Å². The van der Waals surface area contributed by atoms with E-state index in [2.05, 4.69) is 15.6 Å². The van der Waals surface area contributed by atoms with Gasteiger partial charge in [0.2, 0.25) is 0 Å². The number of nitrogens with zero attached hydrogens (tertiary/aromatic N) is 1. The van der Waals surface area contributed by atoms with Gasteiger partial charge in [0.25, 0.3) is 5.91 Å². The lowest BCUT2D eigenvalue weighted by Gasteiger charge is -2.10. The van der Waals surface area contributed by atoms with Gasteiger partial charge in [0.05, 0.1) is 11.9 Å². The molecule has 0 aliphatic rings. The van der Waals surface area contributed by atoms with E-state index in [0.717, 1.165) is 11.3 Å². The van der Waals surface area contributed by atoms with Crippen LogP contribution in [-0.4, -0.2) is 10.9 Å². The van der Waals surface area contributed by atoms with Crippen molar-refractivity contribution in [3.8, 4) is 0 Å². The zero-order valence-electron chi connectivity index (χ0n) is 13.4. The molecular formula is C19H15ClFN3O. The third-order valence-electron chi connectivity index (χ3n) is 3.57. The summed E-state index contributed by atoms with van der Waals surface area (Å²) < 4.78 is 13.2. The van der Waals surface area contributed by atoms with E-state index < -0.39 is 11.7 Å². The quantitative estimate of drug-likeness (QED) is 0.678. The minimum absolute atomic E-state index is 0.247. The fourth-order valence-corrected chi connectivity index (χ4v) is 2.41. The van der Waals surface area contributed by atoms with Gasteiger partial charge in [-0.05, 0) is 55.0 Å². The Hall–Kier alpha value is -2.92. The Morgan fingerprint density at radius 2 is 1.96 bits per heavy atom. The molecular weight excluding hydrogens is 341 g/mol. The molecule has 0 radical (unpaired) electrons. The second kappa shape index (κ2) is 7.32. The lowest BCUT2D eigenvalue weighted by atomic mass is 10.2. The average Bonchev–Trinajstić information content (AvgIpc) is 2.60. The number of pyridine rings is 1. The van der Waals surface area contributed by atoms with Crippen LogP contribution in [-0.2, 0) is 0 Å². The minimum Gasteiger partial charge on any atom is -0.340 e. The van der Waals surface area contributed by atoms with Crippen LogP contribution in [0.3, 0.4) is 0 Å². The van der Waals surface area contributed by atoms with Crippen LogP contribution in [0.25, 0.3) is 0 Å². The van der Waals surface area contributed by atoms with Crippen LogP contribution in [0.4, 0.5) is 21.6 Å². The fourth-order valence-electron chi connectivity index (χ4n) is 2.24. The molecule has 0 unspecified atom stereocenters. The number of hydrogen-bond acceptors (Lipinski definition) is 3. The second-order valence-electron chi connectivity index (χ2n) is 5.48. The highest BCUT2D eigenvalue weighted by Crippen LogP contribution is 2.23. The number of hydrogen-bond donors (Lipinski definition) is 2. The molecule has 0 saturated heterocycles. The lowest BCUT2D eigenvalue weighted by molar-refractivity contribution is 0.102. The number of aryl methyl sites for hydroxylation is 1. The van der Waals surface area contributed by atoms with Crippen molar-refractivity contribution >= 4 is 34.7 Å². The van der Waals surface area contributed by atoms with Gasteiger partial charge in [-0.15, -0.1) is 0 Å². The van der Waals surface area contributed by atoms with E-state index in [1.807, 2.05) is 25.1 Å². The molecule has 0 saturated carbocycles. The van der Waals surface area contributed by atoms with Gasteiger partial charge in [-0.2, -0.15) is 0 Å². The maximum absolute atomic E-state index is 13.2.